The van der Waals surface area contributed by atoms with Gasteiger partial charge in [0.2, 0.25) is 5.91 Å². The lowest BCUT2D eigenvalue weighted by atomic mass is 10.2. The second-order valence-corrected chi connectivity index (χ2v) is 4.91. The molecule has 100 valence electrons. The SMILES string of the molecule is CCCn1ncc(NC(C)CC(N)=O)c(Br)c1=O. The number of nitrogens with one attached hydrogen (secondary N) is 1. The third kappa shape index (κ3) is 3.83. The predicted octanol–water partition coefficient (Wildman–Crippen LogP) is 1.09. The molecule has 0 aliphatic carbocycles. The van der Waals surface area contributed by atoms with Gasteiger partial charge in [-0.3, -0.25) is 9.59 Å². The molecule has 0 spiro atoms. The van der Waals surface area contributed by atoms with Gasteiger partial charge in [-0.25, -0.2) is 4.68 Å². The summed E-state index contributed by atoms with van der Waals surface area (Å²) in [5, 5.41) is 7.08. The Morgan fingerprint density at radius 2 is 2.33 bits per heavy atom. The highest BCUT2D eigenvalue weighted by molar-refractivity contribution is 9.10. The van der Waals surface area contributed by atoms with E-state index in [0.717, 1.165) is 6.42 Å². The Kier molecular flexibility index (Phi) is 5.33. The molecule has 1 heterocycles. The van der Waals surface area contributed by atoms with Gasteiger partial charge < -0.3 is 11.1 Å². The van der Waals surface area contributed by atoms with Crippen molar-refractivity contribution in [2.24, 2.45) is 5.73 Å². The Labute approximate surface area is 114 Å². The average molecular weight is 317 g/mol. The van der Waals surface area contributed by atoms with Crippen molar-refractivity contribution in [3.8, 4) is 0 Å². The van der Waals surface area contributed by atoms with Crippen LogP contribution in [-0.4, -0.2) is 21.7 Å². The van der Waals surface area contributed by atoms with Gasteiger partial charge in [0.25, 0.3) is 5.56 Å². The second-order valence-electron chi connectivity index (χ2n) is 4.12. The van der Waals surface area contributed by atoms with Gasteiger partial charge in [0, 0.05) is 19.0 Å². The fourth-order valence-electron chi connectivity index (χ4n) is 1.56. The number of nitrogens with zero attached hydrogens (tertiary/aromatic N) is 2. The van der Waals surface area contributed by atoms with Gasteiger partial charge in [-0.15, -0.1) is 0 Å². The smallest absolute Gasteiger partial charge is 0.283 e. The summed E-state index contributed by atoms with van der Waals surface area (Å²) in [4.78, 5) is 22.7. The normalized spacial score (nSPS) is 12.2. The summed E-state index contributed by atoms with van der Waals surface area (Å²) in [6, 6.07) is -0.151. The maximum absolute atomic E-state index is 11.9. The molecule has 6 nitrogen and oxygen atoms in total. The summed E-state index contributed by atoms with van der Waals surface area (Å²) in [7, 11) is 0. The van der Waals surface area contributed by atoms with Crippen LogP contribution in [0.25, 0.3) is 0 Å². The van der Waals surface area contributed by atoms with Crippen molar-refractivity contribution < 1.29 is 4.79 Å². The molecule has 0 aliphatic rings. The van der Waals surface area contributed by atoms with E-state index < -0.39 is 5.91 Å². The van der Waals surface area contributed by atoms with Crippen LogP contribution in [-0.2, 0) is 11.3 Å². The zero-order valence-electron chi connectivity index (χ0n) is 10.4. The molecule has 0 radical (unpaired) electrons. The van der Waals surface area contributed by atoms with Gasteiger partial charge >= 0.3 is 0 Å². The first-order chi connectivity index (χ1) is 8.45. The molecule has 0 saturated heterocycles. The van der Waals surface area contributed by atoms with Gasteiger partial charge in [-0.05, 0) is 29.3 Å². The van der Waals surface area contributed by atoms with Crippen LogP contribution >= 0.6 is 15.9 Å². The molecule has 1 amide bonds. The van der Waals surface area contributed by atoms with Crippen LogP contribution in [0.4, 0.5) is 5.69 Å². The van der Waals surface area contributed by atoms with Crippen molar-refractivity contribution >= 4 is 27.5 Å². The minimum Gasteiger partial charge on any atom is -0.380 e. The molecule has 1 aromatic heterocycles. The standard InChI is InChI=1S/C11H17BrN4O2/c1-3-4-16-11(18)10(12)8(6-14-16)15-7(2)5-9(13)17/h6-7,15H,3-5H2,1-2H3,(H2,13,17). The molecule has 0 bridgehead atoms. The number of carbonyl (C=O) groups excluding carboxylic acids is 1. The predicted molar refractivity (Wildman–Crippen MR) is 73.4 cm³/mol. The number of halogens is 1. The molecule has 0 aromatic carbocycles. The van der Waals surface area contributed by atoms with E-state index in [1.54, 1.807) is 6.20 Å². The molecule has 0 fully saturated rings. The van der Waals surface area contributed by atoms with E-state index in [2.05, 4.69) is 26.3 Å². The van der Waals surface area contributed by atoms with E-state index in [-0.39, 0.29) is 18.0 Å². The molecule has 0 saturated carbocycles. The number of amides is 1. The maximum Gasteiger partial charge on any atom is 0.283 e. The van der Waals surface area contributed by atoms with E-state index in [4.69, 9.17) is 5.73 Å². The Morgan fingerprint density at radius 1 is 1.67 bits per heavy atom. The van der Waals surface area contributed by atoms with Crippen molar-refractivity contribution in [3.63, 3.8) is 0 Å². The zero-order chi connectivity index (χ0) is 13.7. The molecule has 7 heteroatoms. The van der Waals surface area contributed by atoms with Crippen molar-refractivity contribution in [1.29, 1.82) is 0 Å². The van der Waals surface area contributed by atoms with Crippen molar-refractivity contribution in [3.05, 3.63) is 21.0 Å². The summed E-state index contributed by atoms with van der Waals surface area (Å²) >= 11 is 3.24. The number of rotatable bonds is 6. The summed E-state index contributed by atoms with van der Waals surface area (Å²) in [5.74, 6) is -0.390. The topological polar surface area (TPSA) is 90.0 Å². The number of aryl methyl sites for hydroxylation is 1. The lowest BCUT2D eigenvalue weighted by Gasteiger charge is -2.15. The molecule has 3 N–H and O–H groups in total. The fraction of sp³-hybridized carbons (Fsp3) is 0.545. The van der Waals surface area contributed by atoms with E-state index >= 15 is 0 Å². The second kappa shape index (κ2) is 6.53. The van der Waals surface area contributed by atoms with E-state index in [9.17, 15) is 9.59 Å². The molecule has 1 atom stereocenters. The van der Waals surface area contributed by atoms with Crippen LogP contribution in [0, 0.1) is 0 Å². The van der Waals surface area contributed by atoms with Crippen LogP contribution in [0.1, 0.15) is 26.7 Å². The number of primary amides is 1. The Bertz CT molecular complexity index is 486. The van der Waals surface area contributed by atoms with E-state index in [1.165, 1.54) is 4.68 Å². The molecular formula is C11H17BrN4O2. The Morgan fingerprint density at radius 3 is 2.89 bits per heavy atom. The third-order valence-corrected chi connectivity index (χ3v) is 3.10. The first kappa shape index (κ1) is 14.7. The lowest BCUT2D eigenvalue weighted by molar-refractivity contribution is -0.118. The largest absolute Gasteiger partial charge is 0.380 e. The minimum absolute atomic E-state index is 0.151. The van der Waals surface area contributed by atoms with Crippen LogP contribution in [0.3, 0.4) is 0 Å². The molecule has 1 rings (SSSR count). The van der Waals surface area contributed by atoms with Gasteiger partial charge in [0.1, 0.15) is 4.47 Å². The lowest BCUT2D eigenvalue weighted by Crippen LogP contribution is -2.28. The maximum atomic E-state index is 11.9. The minimum atomic E-state index is -0.390. The number of anilines is 1. The highest BCUT2D eigenvalue weighted by Gasteiger charge is 2.12. The molecular weight excluding hydrogens is 300 g/mol. The van der Waals surface area contributed by atoms with Crippen molar-refractivity contribution in [2.75, 3.05) is 5.32 Å². The Balaban J connectivity index is 2.88. The summed E-state index contributed by atoms with van der Waals surface area (Å²) < 4.78 is 1.82. The number of hydrogen-bond acceptors (Lipinski definition) is 4. The van der Waals surface area contributed by atoms with Gasteiger partial charge in [0.15, 0.2) is 0 Å². The third-order valence-electron chi connectivity index (χ3n) is 2.33. The fourth-order valence-corrected chi connectivity index (χ4v) is 1.98. The van der Waals surface area contributed by atoms with Gasteiger partial charge in [-0.1, -0.05) is 6.92 Å². The molecule has 1 aromatic rings. The Hall–Kier alpha value is -1.37. The summed E-state index contributed by atoms with van der Waals surface area (Å²) in [5.41, 5.74) is 5.49. The first-order valence-corrected chi connectivity index (χ1v) is 6.55. The monoisotopic (exact) mass is 316 g/mol. The molecule has 0 aliphatic heterocycles. The van der Waals surface area contributed by atoms with Crippen LogP contribution in [0.2, 0.25) is 0 Å². The summed E-state index contributed by atoms with van der Waals surface area (Å²) in [6.07, 6.45) is 2.60. The first-order valence-electron chi connectivity index (χ1n) is 5.76. The molecule has 18 heavy (non-hydrogen) atoms. The van der Waals surface area contributed by atoms with Gasteiger partial charge in [-0.2, -0.15) is 5.10 Å². The summed E-state index contributed by atoms with van der Waals surface area (Å²) in [6.45, 7) is 4.37. The quantitative estimate of drug-likeness (QED) is 0.822. The number of carbonyl (C=O) groups is 1. The van der Waals surface area contributed by atoms with E-state index in [1.807, 2.05) is 13.8 Å². The number of hydrogen-bond donors (Lipinski definition) is 2. The number of aromatic nitrogens is 2. The highest BCUT2D eigenvalue weighted by atomic mass is 79.9. The van der Waals surface area contributed by atoms with E-state index in [0.29, 0.717) is 16.7 Å². The van der Waals surface area contributed by atoms with Crippen LogP contribution < -0.4 is 16.6 Å². The van der Waals surface area contributed by atoms with Crippen molar-refractivity contribution in [2.45, 2.75) is 39.3 Å². The molecule has 1 unspecified atom stereocenters. The highest BCUT2D eigenvalue weighted by Crippen LogP contribution is 2.17. The zero-order valence-corrected chi connectivity index (χ0v) is 12.0. The van der Waals surface area contributed by atoms with Crippen LogP contribution in [0.15, 0.2) is 15.5 Å². The van der Waals surface area contributed by atoms with Gasteiger partial charge in [0.05, 0.1) is 11.9 Å². The number of nitrogens with two attached hydrogens (primary N) is 1. The average Bonchev–Trinajstić information content (AvgIpc) is 2.28. The van der Waals surface area contributed by atoms with Crippen molar-refractivity contribution in [1.82, 2.24) is 9.78 Å². The van der Waals surface area contributed by atoms with Crippen LogP contribution in [0.5, 0.6) is 0 Å².